The first kappa shape index (κ1) is 17.1. The lowest BCUT2D eigenvalue weighted by Gasteiger charge is -2.03. The zero-order valence-corrected chi connectivity index (χ0v) is 15.4. The lowest BCUT2D eigenvalue weighted by atomic mass is 10.1. The molecule has 0 unspecified atom stereocenters. The van der Waals surface area contributed by atoms with Crippen molar-refractivity contribution in [2.24, 2.45) is 0 Å². The fourth-order valence-electron chi connectivity index (χ4n) is 1.85. The molecule has 0 bridgehead atoms. The maximum Gasteiger partial charge on any atom is 0.0488 e. The van der Waals surface area contributed by atoms with Crippen LogP contribution in [0.1, 0.15) is 22.3 Å². The summed E-state index contributed by atoms with van der Waals surface area (Å²) in [5.74, 6) is 0. The number of anilines is 2. The van der Waals surface area contributed by atoms with E-state index in [0.29, 0.717) is 0 Å². The molecule has 0 spiro atoms. The Bertz CT molecular complexity index is 520. The third-order valence-corrected chi connectivity index (χ3v) is 4.27. The average molecular weight is 400 g/mol. The summed E-state index contributed by atoms with van der Waals surface area (Å²) in [4.78, 5) is 0. The maximum absolute atomic E-state index is 5.70. The Morgan fingerprint density at radius 2 is 0.950 bits per heavy atom. The van der Waals surface area contributed by atoms with Gasteiger partial charge in [0.05, 0.1) is 0 Å². The molecule has 0 fully saturated rings. The predicted octanol–water partition coefficient (Wildman–Crippen LogP) is 5.30. The first-order chi connectivity index (χ1) is 9.22. The minimum Gasteiger partial charge on any atom is -0.398 e. The van der Waals surface area contributed by atoms with Gasteiger partial charge in [-0.1, -0.05) is 12.1 Å². The highest BCUT2D eigenvalue weighted by molar-refractivity contribution is 9.11. The third-order valence-electron chi connectivity index (χ3n) is 2.96. The molecule has 2 aromatic rings. The molecule has 0 atom stereocenters. The van der Waals surface area contributed by atoms with Gasteiger partial charge in [0.1, 0.15) is 0 Å². The molecule has 0 aliphatic heterocycles. The Morgan fingerprint density at radius 1 is 0.650 bits per heavy atom. The summed E-state index contributed by atoms with van der Waals surface area (Å²) < 4.78 is 1.98. The van der Waals surface area contributed by atoms with Gasteiger partial charge in [-0.25, -0.2) is 0 Å². The van der Waals surface area contributed by atoms with E-state index in [1.807, 2.05) is 26.0 Å². The number of hydrogen-bond donors (Lipinski definition) is 2. The van der Waals surface area contributed by atoms with E-state index < -0.39 is 0 Å². The van der Waals surface area contributed by atoms with Crippen molar-refractivity contribution in [1.82, 2.24) is 0 Å². The van der Waals surface area contributed by atoms with Crippen LogP contribution in [0, 0.1) is 27.7 Å². The van der Waals surface area contributed by atoms with Gasteiger partial charge in [-0.2, -0.15) is 0 Å². The first-order valence-electron chi connectivity index (χ1n) is 6.26. The highest BCUT2D eigenvalue weighted by Crippen LogP contribution is 2.24. The van der Waals surface area contributed by atoms with Crippen LogP contribution >= 0.6 is 31.9 Å². The van der Waals surface area contributed by atoms with Crippen LogP contribution in [0.4, 0.5) is 11.4 Å². The Labute approximate surface area is 137 Å². The number of aryl methyl sites for hydroxylation is 4. The van der Waals surface area contributed by atoms with Gasteiger partial charge in [0, 0.05) is 20.3 Å². The molecule has 4 heteroatoms. The number of benzene rings is 2. The van der Waals surface area contributed by atoms with Gasteiger partial charge in [0.15, 0.2) is 0 Å². The molecule has 20 heavy (non-hydrogen) atoms. The van der Waals surface area contributed by atoms with Crippen LogP contribution < -0.4 is 11.5 Å². The molecule has 0 saturated carbocycles. The van der Waals surface area contributed by atoms with Gasteiger partial charge < -0.3 is 11.5 Å². The van der Waals surface area contributed by atoms with E-state index in [0.717, 1.165) is 31.4 Å². The van der Waals surface area contributed by atoms with Gasteiger partial charge in [-0.15, -0.1) is 0 Å². The molecule has 2 aromatic carbocycles. The van der Waals surface area contributed by atoms with Crippen molar-refractivity contribution in [2.45, 2.75) is 27.7 Å². The maximum atomic E-state index is 5.70. The van der Waals surface area contributed by atoms with E-state index in [4.69, 9.17) is 11.5 Å². The normalized spacial score (nSPS) is 9.90. The van der Waals surface area contributed by atoms with Gasteiger partial charge in [0.2, 0.25) is 0 Å². The van der Waals surface area contributed by atoms with Crippen molar-refractivity contribution in [3.8, 4) is 0 Å². The van der Waals surface area contributed by atoms with E-state index in [1.165, 1.54) is 11.1 Å². The fourth-order valence-corrected chi connectivity index (χ4v) is 3.20. The average Bonchev–Trinajstić information content (AvgIpc) is 2.33. The molecule has 4 N–H and O–H groups in total. The quantitative estimate of drug-likeness (QED) is 0.590. The topological polar surface area (TPSA) is 52.0 Å². The predicted molar refractivity (Wildman–Crippen MR) is 96.1 cm³/mol. The lowest BCUT2D eigenvalue weighted by Crippen LogP contribution is -1.91. The van der Waals surface area contributed by atoms with Crippen LogP contribution in [-0.4, -0.2) is 0 Å². The van der Waals surface area contributed by atoms with E-state index in [-0.39, 0.29) is 0 Å². The Hall–Kier alpha value is -1.00. The molecule has 0 amide bonds. The molecular formula is C16H20Br2N2. The smallest absolute Gasteiger partial charge is 0.0488 e. The number of hydrogen-bond acceptors (Lipinski definition) is 2. The summed E-state index contributed by atoms with van der Waals surface area (Å²) in [6.07, 6.45) is 0. The summed E-state index contributed by atoms with van der Waals surface area (Å²) in [5.41, 5.74) is 17.8. The fraction of sp³-hybridized carbons (Fsp3) is 0.250. The van der Waals surface area contributed by atoms with Crippen LogP contribution in [0.15, 0.2) is 33.2 Å². The molecule has 0 heterocycles. The number of halogens is 2. The van der Waals surface area contributed by atoms with Crippen LogP contribution in [0.2, 0.25) is 0 Å². The molecular weight excluding hydrogens is 380 g/mol. The van der Waals surface area contributed by atoms with Crippen molar-refractivity contribution >= 4 is 43.2 Å². The molecule has 108 valence electrons. The van der Waals surface area contributed by atoms with Crippen LogP contribution in [0.3, 0.4) is 0 Å². The highest BCUT2D eigenvalue weighted by atomic mass is 79.9. The highest BCUT2D eigenvalue weighted by Gasteiger charge is 1.99. The Morgan fingerprint density at radius 3 is 1.20 bits per heavy atom. The summed E-state index contributed by atoms with van der Waals surface area (Å²) in [5, 5.41) is 0. The van der Waals surface area contributed by atoms with Crippen molar-refractivity contribution < 1.29 is 0 Å². The second kappa shape index (κ2) is 7.14. The van der Waals surface area contributed by atoms with Gasteiger partial charge in [0.25, 0.3) is 0 Å². The minimum absolute atomic E-state index is 0.839. The largest absolute Gasteiger partial charge is 0.398 e. The Kier molecular flexibility index (Phi) is 6.08. The standard InChI is InChI=1S/2C8H10BrN/c2*1-5-3-6(2)8(10)7(9)4-5/h2*3-4H,10H2,1-2H3. The molecule has 0 radical (unpaired) electrons. The van der Waals surface area contributed by atoms with E-state index in [2.05, 4.69) is 57.8 Å². The molecule has 0 aliphatic rings. The molecule has 0 aromatic heterocycles. The van der Waals surface area contributed by atoms with E-state index >= 15 is 0 Å². The second-order valence-electron chi connectivity index (χ2n) is 4.95. The molecule has 0 aliphatic carbocycles. The summed E-state index contributed by atoms with van der Waals surface area (Å²) in [6.45, 7) is 8.12. The first-order valence-corrected chi connectivity index (χ1v) is 7.85. The van der Waals surface area contributed by atoms with Crippen molar-refractivity contribution in [3.05, 3.63) is 55.5 Å². The number of nitrogens with two attached hydrogens (primary N) is 2. The summed E-state index contributed by atoms with van der Waals surface area (Å²) in [7, 11) is 0. The van der Waals surface area contributed by atoms with E-state index in [1.54, 1.807) is 0 Å². The van der Waals surface area contributed by atoms with Gasteiger partial charge >= 0.3 is 0 Å². The minimum atomic E-state index is 0.839. The summed E-state index contributed by atoms with van der Waals surface area (Å²) >= 11 is 6.74. The second-order valence-corrected chi connectivity index (χ2v) is 6.66. The zero-order chi connectivity index (χ0) is 15.4. The van der Waals surface area contributed by atoms with Gasteiger partial charge in [-0.05, 0) is 93.9 Å². The van der Waals surface area contributed by atoms with Crippen molar-refractivity contribution in [3.63, 3.8) is 0 Å². The third kappa shape index (κ3) is 4.53. The number of rotatable bonds is 0. The molecule has 0 saturated heterocycles. The summed E-state index contributed by atoms with van der Waals surface area (Å²) in [6, 6.07) is 8.17. The van der Waals surface area contributed by atoms with E-state index in [9.17, 15) is 0 Å². The van der Waals surface area contributed by atoms with Crippen molar-refractivity contribution in [2.75, 3.05) is 11.5 Å². The van der Waals surface area contributed by atoms with Crippen LogP contribution in [0.25, 0.3) is 0 Å². The Balaban J connectivity index is 0.000000200. The van der Waals surface area contributed by atoms with Gasteiger partial charge in [-0.3, -0.25) is 0 Å². The monoisotopic (exact) mass is 398 g/mol. The van der Waals surface area contributed by atoms with Crippen LogP contribution in [0.5, 0.6) is 0 Å². The van der Waals surface area contributed by atoms with Crippen LogP contribution in [-0.2, 0) is 0 Å². The number of nitrogen functional groups attached to an aromatic ring is 2. The lowest BCUT2D eigenvalue weighted by molar-refractivity contribution is 1.37. The molecule has 2 nitrogen and oxygen atoms in total. The molecule has 2 rings (SSSR count). The zero-order valence-electron chi connectivity index (χ0n) is 12.2. The van der Waals surface area contributed by atoms with Crippen molar-refractivity contribution in [1.29, 1.82) is 0 Å². The SMILES string of the molecule is Cc1cc(C)c(N)c(Br)c1.Cc1cc(C)c(N)c(Br)c1.